The Balaban J connectivity index is 0.00000196. The third-order valence-electron chi connectivity index (χ3n) is 4.58. The zero-order valence-corrected chi connectivity index (χ0v) is 15.4. The number of anilines is 2. The lowest BCUT2D eigenvalue weighted by atomic mass is 9.97. The zero-order valence-electron chi connectivity index (χ0n) is 14.6. The van der Waals surface area contributed by atoms with Crippen molar-refractivity contribution in [3.05, 3.63) is 83.4 Å². The summed E-state index contributed by atoms with van der Waals surface area (Å²) in [6, 6.07) is 22.1. The number of benzene rings is 3. The van der Waals surface area contributed by atoms with Gasteiger partial charge in [0.2, 0.25) is 0 Å². The molecule has 0 unspecified atom stereocenters. The average Bonchev–Trinajstić information content (AvgIpc) is 3.10. The van der Waals surface area contributed by atoms with E-state index in [0.29, 0.717) is 5.56 Å². The van der Waals surface area contributed by atoms with Gasteiger partial charge in [0.15, 0.2) is 0 Å². The first-order valence-electron chi connectivity index (χ1n) is 8.55. The topological polar surface area (TPSA) is 41.1 Å². The quantitative estimate of drug-likeness (QED) is 0.661. The van der Waals surface area contributed by atoms with Crippen LogP contribution in [0.15, 0.2) is 66.7 Å². The van der Waals surface area contributed by atoms with E-state index >= 15 is 0 Å². The molecule has 132 valence electrons. The number of hydrogen-bond donors (Lipinski definition) is 2. The fourth-order valence-electron chi connectivity index (χ4n) is 3.30. The van der Waals surface area contributed by atoms with E-state index in [2.05, 4.69) is 16.7 Å². The maximum atomic E-state index is 12.9. The minimum Gasteiger partial charge on any atom is -0.384 e. The van der Waals surface area contributed by atoms with Gasteiger partial charge in [0.1, 0.15) is 0 Å². The van der Waals surface area contributed by atoms with Gasteiger partial charge in [-0.15, -0.1) is 12.4 Å². The molecule has 1 heterocycles. The molecule has 0 atom stereocenters. The van der Waals surface area contributed by atoms with E-state index in [1.54, 1.807) is 0 Å². The summed E-state index contributed by atoms with van der Waals surface area (Å²) < 4.78 is 0. The first-order valence-corrected chi connectivity index (χ1v) is 8.55. The highest BCUT2D eigenvalue weighted by Gasteiger charge is 2.15. The lowest BCUT2D eigenvalue weighted by Crippen LogP contribution is -2.13. The Hall–Kier alpha value is -2.78. The summed E-state index contributed by atoms with van der Waals surface area (Å²) >= 11 is 0. The molecule has 3 aromatic rings. The number of aryl methyl sites for hydroxylation is 1. The lowest BCUT2D eigenvalue weighted by molar-refractivity contribution is 0.102. The fourth-order valence-corrected chi connectivity index (χ4v) is 3.30. The Kier molecular flexibility index (Phi) is 5.29. The van der Waals surface area contributed by atoms with Crippen molar-refractivity contribution in [2.45, 2.75) is 13.3 Å². The number of carbonyl (C=O) groups is 1. The molecular formula is C22H21ClN2O. The molecule has 0 bridgehead atoms. The van der Waals surface area contributed by atoms with Gasteiger partial charge in [-0.3, -0.25) is 4.79 Å². The van der Waals surface area contributed by atoms with Crippen molar-refractivity contribution in [1.29, 1.82) is 0 Å². The Morgan fingerprint density at radius 1 is 1.00 bits per heavy atom. The molecule has 0 saturated carbocycles. The zero-order chi connectivity index (χ0) is 17.2. The van der Waals surface area contributed by atoms with Gasteiger partial charge in [0.25, 0.3) is 5.91 Å². The Bertz CT molecular complexity index is 938. The second kappa shape index (κ2) is 7.63. The molecule has 1 aliphatic heterocycles. The van der Waals surface area contributed by atoms with Crippen LogP contribution in [0, 0.1) is 6.92 Å². The molecule has 0 saturated heterocycles. The minimum atomic E-state index is -0.0755. The maximum absolute atomic E-state index is 12.9. The fraction of sp³-hybridized carbons (Fsp3) is 0.136. The molecule has 0 fully saturated rings. The third-order valence-corrected chi connectivity index (χ3v) is 4.58. The molecule has 1 amide bonds. The van der Waals surface area contributed by atoms with Crippen molar-refractivity contribution >= 4 is 29.7 Å². The number of hydrogen-bond acceptors (Lipinski definition) is 2. The molecule has 4 rings (SSSR count). The number of rotatable bonds is 3. The van der Waals surface area contributed by atoms with Crippen LogP contribution in [0.5, 0.6) is 0 Å². The van der Waals surface area contributed by atoms with Crippen LogP contribution in [0.2, 0.25) is 0 Å². The SMILES string of the molecule is Cc1ccc(-c2ccccc2)c(C(=O)Nc2ccc3c(c2)CCN3)c1.Cl. The number of nitrogens with one attached hydrogen (secondary N) is 2. The molecular weight excluding hydrogens is 344 g/mol. The Morgan fingerprint density at radius 3 is 2.62 bits per heavy atom. The van der Waals surface area contributed by atoms with Crippen LogP contribution in [-0.2, 0) is 6.42 Å². The van der Waals surface area contributed by atoms with Crippen LogP contribution in [0.4, 0.5) is 11.4 Å². The molecule has 4 heteroatoms. The van der Waals surface area contributed by atoms with E-state index in [-0.39, 0.29) is 18.3 Å². The summed E-state index contributed by atoms with van der Waals surface area (Å²) in [5.41, 5.74) is 7.03. The summed E-state index contributed by atoms with van der Waals surface area (Å²) in [5, 5.41) is 6.40. The van der Waals surface area contributed by atoms with E-state index < -0.39 is 0 Å². The van der Waals surface area contributed by atoms with E-state index in [4.69, 9.17) is 0 Å². The summed E-state index contributed by atoms with van der Waals surface area (Å²) in [5.74, 6) is -0.0755. The molecule has 0 spiro atoms. The Morgan fingerprint density at radius 2 is 1.81 bits per heavy atom. The predicted molar refractivity (Wildman–Crippen MR) is 110 cm³/mol. The first-order chi connectivity index (χ1) is 12.2. The molecule has 0 aliphatic carbocycles. The number of fused-ring (bicyclic) bond motifs is 1. The van der Waals surface area contributed by atoms with Crippen LogP contribution in [0.3, 0.4) is 0 Å². The molecule has 3 nitrogen and oxygen atoms in total. The van der Waals surface area contributed by atoms with Crippen LogP contribution >= 0.6 is 12.4 Å². The van der Waals surface area contributed by atoms with Gasteiger partial charge in [-0.1, -0.05) is 48.0 Å². The van der Waals surface area contributed by atoms with Crippen LogP contribution < -0.4 is 10.6 Å². The summed E-state index contributed by atoms with van der Waals surface area (Å²) in [6.07, 6.45) is 0.999. The molecule has 1 aliphatic rings. The van der Waals surface area contributed by atoms with Crippen LogP contribution in [-0.4, -0.2) is 12.5 Å². The highest BCUT2D eigenvalue weighted by atomic mass is 35.5. The smallest absolute Gasteiger partial charge is 0.256 e. The van der Waals surface area contributed by atoms with Crippen molar-refractivity contribution in [2.24, 2.45) is 0 Å². The molecule has 3 aromatic carbocycles. The molecule has 0 aromatic heterocycles. The molecule has 26 heavy (non-hydrogen) atoms. The second-order valence-electron chi connectivity index (χ2n) is 6.42. The van der Waals surface area contributed by atoms with Crippen molar-refractivity contribution < 1.29 is 4.79 Å². The standard InChI is InChI=1S/C22H20N2O.ClH/c1-15-7-9-19(16-5-3-2-4-6-16)20(13-15)22(25)24-18-8-10-21-17(14-18)11-12-23-21;/h2-10,13-14,23H,11-12H2,1H3,(H,24,25);1H. The van der Waals surface area contributed by atoms with E-state index in [0.717, 1.165) is 35.3 Å². The summed E-state index contributed by atoms with van der Waals surface area (Å²) in [7, 11) is 0. The number of amides is 1. The molecule has 2 N–H and O–H groups in total. The molecule has 0 radical (unpaired) electrons. The number of carbonyl (C=O) groups excluding carboxylic acids is 1. The van der Waals surface area contributed by atoms with Gasteiger partial charge in [-0.05, 0) is 54.3 Å². The highest BCUT2D eigenvalue weighted by Crippen LogP contribution is 2.28. The van der Waals surface area contributed by atoms with Gasteiger partial charge in [-0.2, -0.15) is 0 Å². The summed E-state index contributed by atoms with van der Waals surface area (Å²) in [6.45, 7) is 2.97. The normalized spacial score (nSPS) is 11.9. The van der Waals surface area contributed by atoms with Crippen molar-refractivity contribution in [2.75, 3.05) is 17.2 Å². The van der Waals surface area contributed by atoms with Crippen molar-refractivity contribution in [1.82, 2.24) is 0 Å². The first kappa shape index (κ1) is 18.0. The largest absolute Gasteiger partial charge is 0.384 e. The van der Waals surface area contributed by atoms with Crippen LogP contribution in [0.1, 0.15) is 21.5 Å². The third kappa shape index (κ3) is 3.58. The lowest BCUT2D eigenvalue weighted by Gasteiger charge is -2.12. The van der Waals surface area contributed by atoms with E-state index in [1.807, 2.05) is 67.6 Å². The average molecular weight is 365 g/mol. The van der Waals surface area contributed by atoms with Gasteiger partial charge in [-0.25, -0.2) is 0 Å². The van der Waals surface area contributed by atoms with Gasteiger partial charge < -0.3 is 10.6 Å². The maximum Gasteiger partial charge on any atom is 0.256 e. The van der Waals surface area contributed by atoms with Gasteiger partial charge in [0.05, 0.1) is 0 Å². The monoisotopic (exact) mass is 364 g/mol. The van der Waals surface area contributed by atoms with E-state index in [1.165, 1.54) is 11.3 Å². The summed E-state index contributed by atoms with van der Waals surface area (Å²) in [4.78, 5) is 12.9. The number of halogens is 1. The van der Waals surface area contributed by atoms with Gasteiger partial charge in [0, 0.05) is 23.5 Å². The predicted octanol–water partition coefficient (Wildman–Crippen LogP) is 5.30. The van der Waals surface area contributed by atoms with Gasteiger partial charge >= 0.3 is 0 Å². The van der Waals surface area contributed by atoms with Crippen LogP contribution in [0.25, 0.3) is 11.1 Å². The van der Waals surface area contributed by atoms with Crippen molar-refractivity contribution in [3.8, 4) is 11.1 Å². The van der Waals surface area contributed by atoms with E-state index in [9.17, 15) is 4.79 Å². The second-order valence-corrected chi connectivity index (χ2v) is 6.42. The highest BCUT2D eigenvalue weighted by molar-refractivity contribution is 6.09. The van der Waals surface area contributed by atoms with Crippen molar-refractivity contribution in [3.63, 3.8) is 0 Å². The minimum absolute atomic E-state index is 0. The Labute approximate surface area is 159 Å².